The van der Waals surface area contributed by atoms with Gasteiger partial charge in [-0.2, -0.15) is 0 Å². The van der Waals surface area contributed by atoms with Gasteiger partial charge in [0.1, 0.15) is 18.5 Å². The number of carboxylic acids is 1. The zero-order chi connectivity index (χ0) is 18.5. The fourth-order valence-corrected chi connectivity index (χ4v) is 2.69. The van der Waals surface area contributed by atoms with E-state index in [1.807, 2.05) is 27.7 Å². The fraction of sp³-hybridized carbons (Fsp3) is 0.667. The lowest BCUT2D eigenvalue weighted by molar-refractivity contribution is -0.147. The molecule has 2 heterocycles. The van der Waals surface area contributed by atoms with Crippen LogP contribution >= 0.6 is 0 Å². The fourth-order valence-electron chi connectivity index (χ4n) is 2.69. The summed E-state index contributed by atoms with van der Waals surface area (Å²) < 4.78 is 21.6. The van der Waals surface area contributed by atoms with Gasteiger partial charge in [0, 0.05) is 12.0 Å². The number of carboxylic acid groups (broad SMARTS) is 1. The second kappa shape index (κ2) is 8.12. The molecule has 7 heteroatoms. The van der Waals surface area contributed by atoms with Gasteiger partial charge < -0.3 is 24.1 Å². The standard InChI is InChI=1S/C18H27NO6/c1-5-22-8-9-23-10-11-24-13-6-7-14(19-12-13)15-18(25-15,16(20)21)17(2,3)4/h6-7,12,15H,5,8-11H2,1-4H3,(H,20,21). The molecule has 0 amide bonds. The first-order chi connectivity index (χ1) is 11.8. The molecule has 2 unspecified atom stereocenters. The molecule has 1 saturated heterocycles. The summed E-state index contributed by atoms with van der Waals surface area (Å²) in [5, 5.41) is 9.55. The van der Waals surface area contributed by atoms with Crippen molar-refractivity contribution in [2.24, 2.45) is 5.41 Å². The second-order valence-electron chi connectivity index (χ2n) is 6.87. The smallest absolute Gasteiger partial charge is 0.339 e. The van der Waals surface area contributed by atoms with Crippen molar-refractivity contribution >= 4 is 5.97 Å². The molecule has 1 aromatic heterocycles. The summed E-state index contributed by atoms with van der Waals surface area (Å²) in [6.45, 7) is 10.2. The Kier molecular flexibility index (Phi) is 6.37. The SMILES string of the molecule is CCOCCOCCOc1ccc(C2OC2(C(=O)O)C(C)(C)C)nc1. The molecule has 0 spiro atoms. The number of nitrogens with zero attached hydrogens (tertiary/aromatic N) is 1. The highest BCUT2D eigenvalue weighted by Crippen LogP contribution is 2.59. The minimum absolute atomic E-state index is 0.411. The van der Waals surface area contributed by atoms with E-state index < -0.39 is 23.1 Å². The van der Waals surface area contributed by atoms with E-state index in [9.17, 15) is 9.90 Å². The topological polar surface area (TPSA) is 90.4 Å². The van der Waals surface area contributed by atoms with Crippen molar-refractivity contribution in [1.29, 1.82) is 0 Å². The maximum absolute atomic E-state index is 11.6. The molecule has 2 rings (SSSR count). The Bertz CT molecular complexity index is 568. The molecule has 7 nitrogen and oxygen atoms in total. The predicted octanol–water partition coefficient (Wildman–Crippen LogP) is 2.45. The van der Waals surface area contributed by atoms with E-state index >= 15 is 0 Å². The zero-order valence-electron chi connectivity index (χ0n) is 15.3. The molecule has 0 bridgehead atoms. The molecule has 1 fully saturated rings. The first kappa shape index (κ1) is 19.6. The van der Waals surface area contributed by atoms with Crippen molar-refractivity contribution in [2.45, 2.75) is 39.4 Å². The molecule has 2 atom stereocenters. The minimum Gasteiger partial charge on any atom is -0.490 e. The van der Waals surface area contributed by atoms with Crippen LogP contribution in [0.4, 0.5) is 0 Å². The molecule has 25 heavy (non-hydrogen) atoms. The molecular weight excluding hydrogens is 326 g/mol. The number of epoxide rings is 1. The number of hydrogen-bond acceptors (Lipinski definition) is 6. The summed E-state index contributed by atoms with van der Waals surface area (Å²) in [5.74, 6) is -0.356. The van der Waals surface area contributed by atoms with Crippen LogP contribution in [0, 0.1) is 5.41 Å². The van der Waals surface area contributed by atoms with Crippen LogP contribution in [0.25, 0.3) is 0 Å². The normalized spacial score (nSPS) is 22.6. The van der Waals surface area contributed by atoms with Gasteiger partial charge in [0.05, 0.1) is 31.7 Å². The van der Waals surface area contributed by atoms with Crippen LogP contribution in [0.5, 0.6) is 5.75 Å². The third kappa shape index (κ3) is 4.48. The van der Waals surface area contributed by atoms with Gasteiger partial charge in [-0.1, -0.05) is 20.8 Å². The number of pyridine rings is 1. The summed E-state index contributed by atoms with van der Waals surface area (Å²) >= 11 is 0. The average Bonchev–Trinajstić information content (AvgIpc) is 3.32. The van der Waals surface area contributed by atoms with E-state index in [0.717, 1.165) is 0 Å². The van der Waals surface area contributed by atoms with Gasteiger partial charge in [-0.05, 0) is 19.1 Å². The number of aromatic nitrogens is 1. The summed E-state index contributed by atoms with van der Waals surface area (Å²) in [5.41, 5.74) is -1.16. The van der Waals surface area contributed by atoms with Crippen molar-refractivity contribution < 1.29 is 28.8 Å². The van der Waals surface area contributed by atoms with Crippen LogP contribution in [0.1, 0.15) is 39.5 Å². The maximum Gasteiger partial charge on any atom is 0.339 e. The molecule has 1 aliphatic heterocycles. The summed E-state index contributed by atoms with van der Waals surface area (Å²) in [6, 6.07) is 3.51. The third-order valence-corrected chi connectivity index (χ3v) is 4.15. The Labute approximate surface area is 148 Å². The molecule has 0 aliphatic carbocycles. The molecular formula is C18H27NO6. The Balaban J connectivity index is 1.82. The lowest BCUT2D eigenvalue weighted by Gasteiger charge is -2.24. The lowest BCUT2D eigenvalue weighted by atomic mass is 9.77. The number of ether oxygens (including phenoxy) is 4. The molecule has 140 valence electrons. The third-order valence-electron chi connectivity index (χ3n) is 4.15. The maximum atomic E-state index is 11.6. The van der Waals surface area contributed by atoms with E-state index in [1.54, 1.807) is 18.3 Å². The highest BCUT2D eigenvalue weighted by Gasteiger charge is 2.70. The number of rotatable bonds is 10. The Morgan fingerprint density at radius 1 is 1.24 bits per heavy atom. The quantitative estimate of drug-likeness (QED) is 0.510. The van der Waals surface area contributed by atoms with E-state index in [0.29, 0.717) is 44.5 Å². The second-order valence-corrected chi connectivity index (χ2v) is 6.87. The van der Waals surface area contributed by atoms with Crippen LogP contribution < -0.4 is 4.74 Å². The van der Waals surface area contributed by atoms with Crippen molar-refractivity contribution in [3.05, 3.63) is 24.0 Å². The average molecular weight is 353 g/mol. The number of aliphatic carboxylic acids is 1. The molecule has 0 aromatic carbocycles. The van der Waals surface area contributed by atoms with Crippen molar-refractivity contribution in [2.75, 3.05) is 33.0 Å². The number of carbonyl (C=O) groups is 1. The molecule has 0 saturated carbocycles. The van der Waals surface area contributed by atoms with E-state index in [2.05, 4.69) is 4.98 Å². The van der Waals surface area contributed by atoms with Gasteiger partial charge in [0.25, 0.3) is 0 Å². The van der Waals surface area contributed by atoms with Crippen molar-refractivity contribution in [1.82, 2.24) is 4.98 Å². The van der Waals surface area contributed by atoms with Crippen molar-refractivity contribution in [3.8, 4) is 5.75 Å². The molecule has 1 aromatic rings. The highest BCUT2D eigenvalue weighted by molar-refractivity contribution is 5.83. The summed E-state index contributed by atoms with van der Waals surface area (Å²) in [6.07, 6.45) is 1.04. The van der Waals surface area contributed by atoms with Crippen LogP contribution in [0.3, 0.4) is 0 Å². The van der Waals surface area contributed by atoms with E-state index in [4.69, 9.17) is 18.9 Å². The van der Waals surface area contributed by atoms with Gasteiger partial charge in [-0.15, -0.1) is 0 Å². The van der Waals surface area contributed by atoms with Crippen LogP contribution in [0.2, 0.25) is 0 Å². The first-order valence-electron chi connectivity index (χ1n) is 8.48. The Morgan fingerprint density at radius 3 is 2.44 bits per heavy atom. The monoisotopic (exact) mass is 353 g/mol. The van der Waals surface area contributed by atoms with Gasteiger partial charge >= 0.3 is 5.97 Å². The minimum atomic E-state index is -1.23. The summed E-state index contributed by atoms with van der Waals surface area (Å²) in [4.78, 5) is 15.9. The molecule has 1 aliphatic rings. The molecule has 1 N–H and O–H groups in total. The zero-order valence-corrected chi connectivity index (χ0v) is 15.3. The van der Waals surface area contributed by atoms with Crippen LogP contribution in [-0.4, -0.2) is 54.7 Å². The van der Waals surface area contributed by atoms with Gasteiger partial charge in [-0.3, -0.25) is 4.98 Å². The number of hydrogen-bond donors (Lipinski definition) is 1. The van der Waals surface area contributed by atoms with Crippen LogP contribution in [-0.2, 0) is 19.0 Å². The first-order valence-corrected chi connectivity index (χ1v) is 8.48. The van der Waals surface area contributed by atoms with Gasteiger partial charge in [0.2, 0.25) is 5.60 Å². The Hall–Kier alpha value is -1.70. The largest absolute Gasteiger partial charge is 0.490 e. The highest BCUT2D eigenvalue weighted by atomic mass is 16.6. The van der Waals surface area contributed by atoms with E-state index in [1.165, 1.54) is 0 Å². The van der Waals surface area contributed by atoms with Crippen LogP contribution in [0.15, 0.2) is 18.3 Å². The van der Waals surface area contributed by atoms with E-state index in [-0.39, 0.29) is 0 Å². The predicted molar refractivity (Wildman–Crippen MR) is 90.7 cm³/mol. The van der Waals surface area contributed by atoms with Gasteiger partial charge in [-0.25, -0.2) is 4.79 Å². The summed E-state index contributed by atoms with van der Waals surface area (Å²) in [7, 11) is 0. The van der Waals surface area contributed by atoms with Crippen molar-refractivity contribution in [3.63, 3.8) is 0 Å². The lowest BCUT2D eigenvalue weighted by Crippen LogP contribution is -2.39. The Morgan fingerprint density at radius 2 is 1.92 bits per heavy atom. The molecule has 0 radical (unpaired) electrons. The van der Waals surface area contributed by atoms with Gasteiger partial charge in [0.15, 0.2) is 0 Å².